The summed E-state index contributed by atoms with van der Waals surface area (Å²) in [5.74, 6) is 0.408. The maximum atomic E-state index is 11.2. The van der Waals surface area contributed by atoms with Crippen molar-refractivity contribution in [1.82, 2.24) is 0 Å². The molecule has 0 atom stereocenters. The molecule has 7 heteroatoms. The van der Waals surface area contributed by atoms with Crippen molar-refractivity contribution >= 4 is 23.6 Å². The second kappa shape index (κ2) is 11.4. The molecule has 0 aromatic heterocycles. The molecule has 0 aliphatic rings. The van der Waals surface area contributed by atoms with Gasteiger partial charge in [0.05, 0.1) is 23.8 Å². The average Bonchev–Trinajstić information content (AvgIpc) is 2.72. The summed E-state index contributed by atoms with van der Waals surface area (Å²) in [5.41, 5.74) is 2.00. The van der Waals surface area contributed by atoms with E-state index in [2.05, 4.69) is 11.6 Å². The first-order chi connectivity index (χ1) is 14.0. The Morgan fingerprint density at radius 1 is 1.07 bits per heavy atom. The van der Waals surface area contributed by atoms with E-state index in [0.717, 1.165) is 36.3 Å². The first-order valence-corrected chi connectivity index (χ1v) is 9.30. The highest BCUT2D eigenvalue weighted by Crippen LogP contribution is 2.19. The van der Waals surface area contributed by atoms with E-state index in [-0.39, 0.29) is 11.7 Å². The molecule has 0 amide bonds. The number of rotatable bonds is 11. The molecule has 29 heavy (non-hydrogen) atoms. The van der Waals surface area contributed by atoms with E-state index in [1.807, 2.05) is 24.3 Å². The highest BCUT2D eigenvalue weighted by atomic mass is 16.6. The van der Waals surface area contributed by atoms with Crippen LogP contribution in [0.15, 0.2) is 65.7 Å². The van der Waals surface area contributed by atoms with Crippen LogP contribution < -0.4 is 4.74 Å². The van der Waals surface area contributed by atoms with E-state index < -0.39 is 4.92 Å². The highest BCUT2D eigenvalue weighted by Gasteiger charge is 2.03. The molecule has 2 rings (SSSR count). The number of esters is 1. The average molecular weight is 396 g/mol. The number of hydrogen-bond acceptors (Lipinski definition) is 6. The largest absolute Gasteiger partial charge is 0.494 e. The van der Waals surface area contributed by atoms with Gasteiger partial charge in [0, 0.05) is 23.9 Å². The number of hydrogen-bond donors (Lipinski definition) is 0. The van der Waals surface area contributed by atoms with E-state index in [0.29, 0.717) is 18.8 Å². The molecule has 0 fully saturated rings. The van der Waals surface area contributed by atoms with Gasteiger partial charge >= 0.3 is 5.97 Å². The molecule has 0 saturated carbocycles. The number of carbonyl (C=O) groups is 1. The van der Waals surface area contributed by atoms with Crippen LogP contribution in [0.3, 0.4) is 0 Å². The quantitative estimate of drug-likeness (QED) is 0.133. The molecule has 152 valence electrons. The van der Waals surface area contributed by atoms with Gasteiger partial charge in [-0.15, -0.1) is 0 Å². The Kier molecular flexibility index (Phi) is 8.56. The SMILES string of the molecule is C=C(C)C(=O)OCCCCCOc1ccc(N=Cc2ccc([N+](=O)[O-])cc2)cc1. The normalized spacial score (nSPS) is 10.7. The van der Waals surface area contributed by atoms with Gasteiger partial charge in [0.1, 0.15) is 5.75 Å². The summed E-state index contributed by atoms with van der Waals surface area (Å²) in [7, 11) is 0. The van der Waals surface area contributed by atoms with Crippen LogP contribution in [-0.4, -0.2) is 30.3 Å². The van der Waals surface area contributed by atoms with Crippen molar-refractivity contribution in [3.05, 3.63) is 76.4 Å². The number of non-ortho nitro benzene ring substituents is 1. The van der Waals surface area contributed by atoms with Crippen molar-refractivity contribution in [3.63, 3.8) is 0 Å². The predicted octanol–water partition coefficient (Wildman–Crippen LogP) is 5.01. The number of carbonyl (C=O) groups excluding carboxylic acids is 1. The second-order valence-corrected chi connectivity index (χ2v) is 6.43. The van der Waals surface area contributed by atoms with Gasteiger partial charge in [-0.1, -0.05) is 6.58 Å². The third-order valence-electron chi connectivity index (χ3n) is 3.94. The number of nitro benzene ring substituents is 1. The van der Waals surface area contributed by atoms with Gasteiger partial charge in [-0.3, -0.25) is 15.1 Å². The summed E-state index contributed by atoms with van der Waals surface area (Å²) < 4.78 is 10.7. The summed E-state index contributed by atoms with van der Waals surface area (Å²) in [6.45, 7) is 6.14. The van der Waals surface area contributed by atoms with Crippen LogP contribution in [0, 0.1) is 10.1 Å². The lowest BCUT2D eigenvalue weighted by atomic mass is 10.2. The highest BCUT2D eigenvalue weighted by molar-refractivity contribution is 5.86. The lowest BCUT2D eigenvalue weighted by molar-refractivity contribution is -0.384. The summed E-state index contributed by atoms with van der Waals surface area (Å²) in [5, 5.41) is 10.7. The molecule has 0 bridgehead atoms. The first kappa shape index (κ1) is 21.8. The molecule has 0 saturated heterocycles. The minimum absolute atomic E-state index is 0.0523. The van der Waals surface area contributed by atoms with E-state index in [9.17, 15) is 14.9 Å². The van der Waals surface area contributed by atoms with Gasteiger partial charge in [-0.2, -0.15) is 0 Å². The van der Waals surface area contributed by atoms with Gasteiger partial charge in [0.25, 0.3) is 5.69 Å². The van der Waals surface area contributed by atoms with E-state index in [1.165, 1.54) is 12.1 Å². The third kappa shape index (κ3) is 7.96. The zero-order valence-electron chi connectivity index (χ0n) is 16.4. The summed E-state index contributed by atoms with van der Waals surface area (Å²) >= 11 is 0. The van der Waals surface area contributed by atoms with Gasteiger partial charge in [-0.05, 0) is 68.1 Å². The smallest absolute Gasteiger partial charge is 0.333 e. The minimum atomic E-state index is -0.432. The lowest BCUT2D eigenvalue weighted by Crippen LogP contribution is -2.06. The molecule has 0 N–H and O–H groups in total. The van der Waals surface area contributed by atoms with Crippen molar-refractivity contribution in [2.24, 2.45) is 4.99 Å². The van der Waals surface area contributed by atoms with Crippen molar-refractivity contribution in [2.75, 3.05) is 13.2 Å². The van der Waals surface area contributed by atoms with Crippen LogP contribution in [0.25, 0.3) is 0 Å². The molecule has 0 aliphatic carbocycles. The van der Waals surface area contributed by atoms with Gasteiger partial charge < -0.3 is 9.47 Å². The van der Waals surface area contributed by atoms with Crippen LogP contribution in [0.4, 0.5) is 11.4 Å². The Morgan fingerprint density at radius 3 is 2.34 bits per heavy atom. The molecule has 0 radical (unpaired) electrons. The van der Waals surface area contributed by atoms with Crippen molar-refractivity contribution < 1.29 is 19.2 Å². The Labute approximate surface area is 169 Å². The first-order valence-electron chi connectivity index (χ1n) is 9.30. The topological polar surface area (TPSA) is 91.0 Å². The van der Waals surface area contributed by atoms with Crippen molar-refractivity contribution in [3.8, 4) is 5.75 Å². The zero-order chi connectivity index (χ0) is 21.1. The van der Waals surface area contributed by atoms with Crippen LogP contribution in [0.1, 0.15) is 31.7 Å². The number of benzene rings is 2. The molecule has 0 spiro atoms. The third-order valence-corrected chi connectivity index (χ3v) is 3.94. The van der Waals surface area contributed by atoms with Crippen molar-refractivity contribution in [1.29, 1.82) is 0 Å². The molecule has 2 aromatic rings. The van der Waals surface area contributed by atoms with Crippen LogP contribution >= 0.6 is 0 Å². The van der Waals surface area contributed by atoms with Gasteiger partial charge in [0.15, 0.2) is 0 Å². The van der Waals surface area contributed by atoms with Crippen LogP contribution in [-0.2, 0) is 9.53 Å². The Hall–Kier alpha value is -3.48. The van der Waals surface area contributed by atoms with E-state index >= 15 is 0 Å². The minimum Gasteiger partial charge on any atom is -0.494 e. The molecule has 7 nitrogen and oxygen atoms in total. The lowest BCUT2D eigenvalue weighted by Gasteiger charge is -2.07. The summed E-state index contributed by atoms with van der Waals surface area (Å²) in [4.78, 5) is 25.8. The predicted molar refractivity (Wildman–Crippen MR) is 112 cm³/mol. The maximum absolute atomic E-state index is 11.2. The molecule has 0 aliphatic heterocycles. The molecule has 0 heterocycles. The van der Waals surface area contributed by atoms with Gasteiger partial charge in [-0.25, -0.2) is 4.79 Å². The van der Waals surface area contributed by atoms with Crippen LogP contribution in [0.5, 0.6) is 5.75 Å². The summed E-state index contributed by atoms with van der Waals surface area (Å²) in [6, 6.07) is 13.6. The molecular formula is C22H24N2O5. The van der Waals surface area contributed by atoms with Crippen molar-refractivity contribution in [2.45, 2.75) is 26.2 Å². The maximum Gasteiger partial charge on any atom is 0.333 e. The number of ether oxygens (including phenoxy) is 2. The number of nitro groups is 1. The second-order valence-electron chi connectivity index (χ2n) is 6.43. The Balaban J connectivity index is 1.68. The fraction of sp³-hybridized carbons (Fsp3) is 0.273. The number of aliphatic imine (C=N–C) groups is 1. The Morgan fingerprint density at radius 2 is 1.72 bits per heavy atom. The standard InChI is InChI=1S/C22H24N2O5/c1-17(2)22(25)29-15-5-3-4-14-28-21-12-8-19(9-13-21)23-16-18-6-10-20(11-7-18)24(26)27/h6-13,16H,1,3-5,14-15H2,2H3. The monoisotopic (exact) mass is 396 g/mol. The zero-order valence-corrected chi connectivity index (χ0v) is 16.4. The fourth-order valence-electron chi connectivity index (χ4n) is 2.32. The fourth-order valence-corrected chi connectivity index (χ4v) is 2.32. The molecular weight excluding hydrogens is 372 g/mol. The number of nitrogens with zero attached hydrogens (tertiary/aromatic N) is 2. The molecule has 2 aromatic carbocycles. The molecule has 0 unspecified atom stereocenters. The van der Waals surface area contributed by atoms with Gasteiger partial charge in [0.2, 0.25) is 0 Å². The number of unbranched alkanes of at least 4 members (excludes halogenated alkanes) is 2. The van der Waals surface area contributed by atoms with E-state index in [1.54, 1.807) is 25.3 Å². The van der Waals surface area contributed by atoms with Crippen LogP contribution in [0.2, 0.25) is 0 Å². The van der Waals surface area contributed by atoms with E-state index in [4.69, 9.17) is 9.47 Å². The summed E-state index contributed by atoms with van der Waals surface area (Å²) in [6.07, 6.45) is 4.21. The Bertz CT molecular complexity index is 858.